The highest BCUT2D eigenvalue weighted by atomic mass is 16.2. The molecule has 158 valence electrons. The number of aryl methyl sites for hydroxylation is 1. The first-order chi connectivity index (χ1) is 13.4. The van der Waals surface area contributed by atoms with E-state index in [1.165, 1.54) is 11.1 Å². The lowest BCUT2D eigenvalue weighted by Crippen LogP contribution is -2.48. The Kier molecular flexibility index (Phi) is 5.91. The smallest absolute Gasteiger partial charge is 0.272 e. The Bertz CT molecular complexity index is 844. The minimum absolute atomic E-state index is 0.0580. The molecule has 1 saturated heterocycles. The van der Waals surface area contributed by atoms with Gasteiger partial charge in [-0.3, -0.25) is 14.4 Å². The molecule has 2 heterocycles. The normalized spacial score (nSPS) is 16.3. The molecule has 0 radical (unpaired) electrons. The third kappa shape index (κ3) is 5.08. The molecular formula is C24H36N4O. The monoisotopic (exact) mass is 396 g/mol. The summed E-state index contributed by atoms with van der Waals surface area (Å²) < 4.78 is 1.73. The van der Waals surface area contributed by atoms with Crippen LogP contribution in [0.25, 0.3) is 0 Å². The van der Waals surface area contributed by atoms with Crippen LogP contribution in [0.5, 0.6) is 0 Å². The summed E-state index contributed by atoms with van der Waals surface area (Å²) in [5.74, 6) is 0.0877. The highest BCUT2D eigenvalue weighted by molar-refractivity contribution is 5.92. The first-order valence-corrected chi connectivity index (χ1v) is 10.6. The van der Waals surface area contributed by atoms with E-state index >= 15 is 0 Å². The number of amides is 1. The molecule has 0 unspecified atom stereocenters. The number of aromatic nitrogens is 2. The maximum Gasteiger partial charge on any atom is 0.272 e. The van der Waals surface area contributed by atoms with E-state index in [1.807, 2.05) is 18.0 Å². The largest absolute Gasteiger partial charge is 0.335 e. The van der Waals surface area contributed by atoms with Crippen molar-refractivity contribution in [3.05, 3.63) is 52.8 Å². The van der Waals surface area contributed by atoms with E-state index in [1.54, 1.807) is 4.68 Å². The first-order valence-electron chi connectivity index (χ1n) is 10.6. The Morgan fingerprint density at radius 1 is 0.931 bits per heavy atom. The fourth-order valence-electron chi connectivity index (χ4n) is 3.67. The number of carbonyl (C=O) groups excluding carboxylic acids is 1. The van der Waals surface area contributed by atoms with Crippen LogP contribution in [0.2, 0.25) is 0 Å². The topological polar surface area (TPSA) is 41.4 Å². The molecule has 0 bridgehead atoms. The zero-order valence-corrected chi connectivity index (χ0v) is 19.1. The van der Waals surface area contributed by atoms with Crippen molar-refractivity contribution in [2.24, 2.45) is 7.05 Å². The number of hydrogen-bond donors (Lipinski definition) is 0. The maximum atomic E-state index is 13.0. The lowest BCUT2D eigenvalue weighted by atomic mass is 9.87. The Morgan fingerprint density at radius 3 is 2.00 bits per heavy atom. The van der Waals surface area contributed by atoms with Gasteiger partial charge in [0.15, 0.2) is 0 Å². The zero-order chi connectivity index (χ0) is 21.4. The summed E-state index contributed by atoms with van der Waals surface area (Å²) in [4.78, 5) is 17.4. The first kappa shape index (κ1) is 21.6. The quantitative estimate of drug-likeness (QED) is 0.788. The van der Waals surface area contributed by atoms with Crippen molar-refractivity contribution in [3.8, 4) is 0 Å². The van der Waals surface area contributed by atoms with Crippen molar-refractivity contribution in [1.29, 1.82) is 0 Å². The SMILES string of the molecule is Cn1nc(C(C)(C)C)cc1C(=O)N1CCN(Cc2ccc(C(C)(C)C)cc2)CC1. The summed E-state index contributed by atoms with van der Waals surface area (Å²) in [5.41, 5.74) is 4.46. The van der Waals surface area contributed by atoms with E-state index < -0.39 is 0 Å². The molecule has 1 aliphatic rings. The molecule has 0 saturated carbocycles. The predicted molar refractivity (Wildman–Crippen MR) is 118 cm³/mol. The van der Waals surface area contributed by atoms with Crippen molar-refractivity contribution in [2.75, 3.05) is 26.2 Å². The molecule has 1 amide bonds. The van der Waals surface area contributed by atoms with Crippen molar-refractivity contribution in [3.63, 3.8) is 0 Å². The average molecular weight is 397 g/mol. The molecule has 1 fully saturated rings. The Morgan fingerprint density at radius 2 is 1.52 bits per heavy atom. The standard InChI is InChI=1S/C24H36N4O/c1-23(2,3)19-10-8-18(9-11-19)17-27-12-14-28(15-13-27)22(29)20-16-21(24(4,5)6)25-26(20)7/h8-11,16H,12-15,17H2,1-7H3. The van der Waals surface area contributed by atoms with Gasteiger partial charge in [-0.15, -0.1) is 0 Å². The summed E-state index contributed by atoms with van der Waals surface area (Å²) in [5, 5.41) is 4.55. The van der Waals surface area contributed by atoms with E-state index in [-0.39, 0.29) is 16.7 Å². The van der Waals surface area contributed by atoms with Crippen molar-refractivity contribution >= 4 is 5.91 Å². The van der Waals surface area contributed by atoms with Crippen LogP contribution < -0.4 is 0 Å². The molecule has 0 N–H and O–H groups in total. The van der Waals surface area contributed by atoms with Gasteiger partial charge < -0.3 is 4.90 Å². The second-order valence-electron chi connectivity index (χ2n) is 10.3. The summed E-state index contributed by atoms with van der Waals surface area (Å²) in [6.07, 6.45) is 0. The third-order valence-corrected chi connectivity index (χ3v) is 5.75. The van der Waals surface area contributed by atoms with Gasteiger partial charge in [-0.25, -0.2) is 0 Å². The van der Waals surface area contributed by atoms with Crippen LogP contribution in [0.3, 0.4) is 0 Å². The highest BCUT2D eigenvalue weighted by Gasteiger charge is 2.27. The summed E-state index contributed by atoms with van der Waals surface area (Å²) in [6, 6.07) is 10.9. The molecule has 1 aromatic carbocycles. The molecule has 5 heteroatoms. The predicted octanol–water partition coefficient (Wildman–Crippen LogP) is 3.97. The molecule has 0 aliphatic carbocycles. The van der Waals surface area contributed by atoms with E-state index in [4.69, 9.17) is 0 Å². The van der Waals surface area contributed by atoms with Crippen LogP contribution >= 0.6 is 0 Å². The van der Waals surface area contributed by atoms with Crippen LogP contribution in [-0.2, 0) is 24.4 Å². The van der Waals surface area contributed by atoms with Gasteiger partial charge in [0.05, 0.1) is 5.69 Å². The molecule has 1 aromatic heterocycles. The number of benzene rings is 1. The number of piperazine rings is 1. The van der Waals surface area contributed by atoms with Gasteiger partial charge in [0.2, 0.25) is 0 Å². The minimum atomic E-state index is -0.0580. The lowest BCUT2D eigenvalue weighted by Gasteiger charge is -2.34. The summed E-state index contributed by atoms with van der Waals surface area (Å²) in [7, 11) is 1.86. The van der Waals surface area contributed by atoms with Gasteiger partial charge in [-0.2, -0.15) is 5.10 Å². The van der Waals surface area contributed by atoms with E-state index in [0.717, 1.165) is 38.4 Å². The molecule has 29 heavy (non-hydrogen) atoms. The van der Waals surface area contributed by atoms with Crippen LogP contribution in [0.1, 0.15) is 68.9 Å². The van der Waals surface area contributed by atoms with Gasteiger partial charge in [0.1, 0.15) is 5.69 Å². The second kappa shape index (κ2) is 7.94. The molecular weight excluding hydrogens is 360 g/mol. The lowest BCUT2D eigenvalue weighted by molar-refractivity contribution is 0.0618. The Labute approximate surface area is 175 Å². The second-order valence-corrected chi connectivity index (χ2v) is 10.3. The molecule has 5 nitrogen and oxygen atoms in total. The number of rotatable bonds is 3. The van der Waals surface area contributed by atoms with Crippen molar-refractivity contribution in [2.45, 2.75) is 58.9 Å². The number of carbonyl (C=O) groups is 1. The Balaban J connectivity index is 1.58. The van der Waals surface area contributed by atoms with Gasteiger partial charge in [-0.1, -0.05) is 65.8 Å². The fraction of sp³-hybridized carbons (Fsp3) is 0.583. The summed E-state index contributed by atoms with van der Waals surface area (Å²) >= 11 is 0. The molecule has 2 aromatic rings. The van der Waals surface area contributed by atoms with E-state index in [2.05, 4.69) is 75.8 Å². The average Bonchev–Trinajstić information content (AvgIpc) is 3.04. The Hall–Kier alpha value is -2.14. The van der Waals surface area contributed by atoms with E-state index in [9.17, 15) is 4.79 Å². The van der Waals surface area contributed by atoms with Crippen molar-refractivity contribution in [1.82, 2.24) is 19.6 Å². The highest BCUT2D eigenvalue weighted by Crippen LogP contribution is 2.24. The molecule has 0 atom stereocenters. The number of nitrogens with zero attached hydrogens (tertiary/aromatic N) is 4. The minimum Gasteiger partial charge on any atom is -0.335 e. The molecule has 1 aliphatic heterocycles. The van der Waals surface area contributed by atoms with Crippen LogP contribution in [0.4, 0.5) is 0 Å². The number of hydrogen-bond acceptors (Lipinski definition) is 3. The van der Waals surface area contributed by atoms with E-state index in [0.29, 0.717) is 5.69 Å². The molecule has 3 rings (SSSR count). The van der Waals surface area contributed by atoms with Crippen molar-refractivity contribution < 1.29 is 4.79 Å². The third-order valence-electron chi connectivity index (χ3n) is 5.75. The van der Waals surface area contributed by atoms with Gasteiger partial charge in [0, 0.05) is 45.2 Å². The van der Waals surface area contributed by atoms with Crippen LogP contribution in [0, 0.1) is 0 Å². The van der Waals surface area contributed by atoms with Gasteiger partial charge >= 0.3 is 0 Å². The zero-order valence-electron chi connectivity index (χ0n) is 19.1. The molecule has 0 spiro atoms. The van der Waals surface area contributed by atoms with Gasteiger partial charge in [0.25, 0.3) is 5.91 Å². The van der Waals surface area contributed by atoms with Gasteiger partial charge in [-0.05, 0) is 22.6 Å². The maximum absolute atomic E-state index is 13.0. The summed E-state index contributed by atoms with van der Waals surface area (Å²) in [6.45, 7) is 17.3. The fourth-order valence-corrected chi connectivity index (χ4v) is 3.67. The van der Waals surface area contributed by atoms with Crippen LogP contribution in [0.15, 0.2) is 30.3 Å². The van der Waals surface area contributed by atoms with Crippen LogP contribution in [-0.4, -0.2) is 51.7 Å².